The van der Waals surface area contributed by atoms with Gasteiger partial charge in [0.25, 0.3) is 0 Å². The molecule has 0 aromatic carbocycles. The van der Waals surface area contributed by atoms with Crippen LogP contribution in [-0.2, 0) is 19.6 Å². The summed E-state index contributed by atoms with van der Waals surface area (Å²) in [4.78, 5) is 22.5. The molecule has 0 spiro atoms. The Morgan fingerprint density at radius 2 is 0.773 bits per heavy atom. The first-order chi connectivity index (χ1) is 9.74. The van der Waals surface area contributed by atoms with Crippen LogP contribution in [0, 0.1) is 0 Å². The lowest BCUT2D eigenvalue weighted by Crippen LogP contribution is -2.38. The average Bonchev–Trinajstić information content (AvgIpc) is 2.39. The van der Waals surface area contributed by atoms with E-state index in [0.29, 0.717) is 0 Å². The minimum Gasteiger partial charge on any atom is -0.230 e. The molecule has 0 saturated heterocycles. The van der Waals surface area contributed by atoms with E-state index in [0.717, 1.165) is 25.7 Å². The first-order valence-corrected chi connectivity index (χ1v) is 8.48. The predicted molar refractivity (Wildman–Crippen MR) is 90.5 cm³/mol. The Labute approximate surface area is 137 Å². The fraction of sp³-hybridized carbons (Fsp3) is 1.00. The van der Waals surface area contributed by atoms with E-state index in [1.54, 1.807) is 0 Å². The summed E-state index contributed by atoms with van der Waals surface area (Å²) in [6.07, 6.45) is 3.45. The molecule has 0 aliphatic rings. The molecule has 4 nitrogen and oxygen atoms in total. The van der Waals surface area contributed by atoms with Gasteiger partial charge in [0.05, 0.1) is 11.2 Å². The van der Waals surface area contributed by atoms with Gasteiger partial charge in [0.15, 0.2) is 0 Å². The third-order valence-electron chi connectivity index (χ3n) is 3.66. The van der Waals surface area contributed by atoms with Crippen LogP contribution in [0.3, 0.4) is 0 Å². The molecule has 0 aliphatic carbocycles. The summed E-state index contributed by atoms with van der Waals surface area (Å²) < 4.78 is 0. The molecule has 4 heteroatoms. The van der Waals surface area contributed by atoms with Crippen LogP contribution in [0.15, 0.2) is 0 Å². The average molecular weight is 318 g/mol. The zero-order valence-corrected chi connectivity index (χ0v) is 16.5. The first kappa shape index (κ1) is 21.8. The van der Waals surface area contributed by atoms with Crippen molar-refractivity contribution in [1.29, 1.82) is 0 Å². The van der Waals surface area contributed by atoms with E-state index in [4.69, 9.17) is 19.6 Å². The highest BCUT2D eigenvalue weighted by Crippen LogP contribution is 2.32. The maximum absolute atomic E-state index is 5.73. The van der Waals surface area contributed by atoms with Crippen LogP contribution in [0.1, 0.15) is 94.9 Å². The zero-order valence-electron chi connectivity index (χ0n) is 16.5. The van der Waals surface area contributed by atoms with Gasteiger partial charge >= 0.3 is 0 Å². The summed E-state index contributed by atoms with van der Waals surface area (Å²) >= 11 is 0. The molecule has 0 N–H and O–H groups in total. The second kappa shape index (κ2) is 8.09. The molecule has 2 atom stereocenters. The highest BCUT2D eigenvalue weighted by molar-refractivity contribution is 4.80. The Morgan fingerprint density at radius 1 is 0.500 bits per heavy atom. The molecule has 2 unspecified atom stereocenters. The van der Waals surface area contributed by atoms with Gasteiger partial charge in [-0.15, -0.1) is 0 Å². The zero-order chi connectivity index (χ0) is 17.7. The fourth-order valence-electron chi connectivity index (χ4n) is 1.53. The van der Waals surface area contributed by atoms with Crippen molar-refractivity contribution >= 4 is 0 Å². The van der Waals surface area contributed by atoms with Crippen molar-refractivity contribution in [1.82, 2.24) is 0 Å². The van der Waals surface area contributed by atoms with Crippen molar-refractivity contribution in [3.63, 3.8) is 0 Å². The van der Waals surface area contributed by atoms with Gasteiger partial charge < -0.3 is 0 Å². The van der Waals surface area contributed by atoms with E-state index in [1.807, 2.05) is 41.5 Å². The summed E-state index contributed by atoms with van der Waals surface area (Å²) in [5, 5.41) is 0. The van der Waals surface area contributed by atoms with E-state index in [2.05, 4.69) is 27.7 Å². The highest BCUT2D eigenvalue weighted by Gasteiger charge is 2.33. The van der Waals surface area contributed by atoms with Crippen molar-refractivity contribution in [3.8, 4) is 0 Å². The summed E-state index contributed by atoms with van der Waals surface area (Å²) in [5.74, 6) is 0. The molecule has 0 fully saturated rings. The molecule has 134 valence electrons. The Balaban J connectivity index is 4.60. The van der Waals surface area contributed by atoms with Gasteiger partial charge in [0.2, 0.25) is 0 Å². The molecule has 0 radical (unpaired) electrons. The normalized spacial score (nSPS) is 18.8. The van der Waals surface area contributed by atoms with Gasteiger partial charge in [-0.2, -0.15) is 0 Å². The lowest BCUT2D eigenvalue weighted by Gasteiger charge is -2.35. The third kappa shape index (κ3) is 9.78. The Hall–Kier alpha value is -0.160. The van der Waals surface area contributed by atoms with Crippen molar-refractivity contribution in [2.45, 2.75) is 117 Å². The maximum Gasteiger partial charge on any atom is 0.101 e. The SMILES string of the molecule is CCC(C)(CCC(C)(CC)OOC(C)(C)C)OOC(C)(C)C. The van der Waals surface area contributed by atoms with Crippen LogP contribution in [0.4, 0.5) is 0 Å². The monoisotopic (exact) mass is 318 g/mol. The van der Waals surface area contributed by atoms with E-state index >= 15 is 0 Å². The van der Waals surface area contributed by atoms with Gasteiger partial charge in [0, 0.05) is 0 Å². The van der Waals surface area contributed by atoms with Crippen LogP contribution < -0.4 is 0 Å². The molecule has 22 heavy (non-hydrogen) atoms. The third-order valence-corrected chi connectivity index (χ3v) is 3.66. The molecule has 0 heterocycles. The van der Waals surface area contributed by atoms with Crippen LogP contribution in [0.5, 0.6) is 0 Å². The molecular weight excluding hydrogens is 280 g/mol. The summed E-state index contributed by atoms with van der Waals surface area (Å²) in [6, 6.07) is 0. The molecule has 0 rings (SSSR count). The molecular formula is C18H38O4. The summed E-state index contributed by atoms with van der Waals surface area (Å²) in [5.41, 5.74) is -1.27. The Morgan fingerprint density at radius 3 is 0.955 bits per heavy atom. The highest BCUT2D eigenvalue weighted by atomic mass is 17.2. The fourth-order valence-corrected chi connectivity index (χ4v) is 1.53. The van der Waals surface area contributed by atoms with E-state index in [9.17, 15) is 0 Å². The molecule has 0 amide bonds. The molecule has 0 aromatic rings. The smallest absolute Gasteiger partial charge is 0.101 e. The van der Waals surface area contributed by atoms with Gasteiger partial charge in [0.1, 0.15) is 11.2 Å². The van der Waals surface area contributed by atoms with Crippen molar-refractivity contribution in [3.05, 3.63) is 0 Å². The molecule has 0 aliphatic heterocycles. The van der Waals surface area contributed by atoms with Crippen molar-refractivity contribution < 1.29 is 19.6 Å². The van der Waals surface area contributed by atoms with Gasteiger partial charge in [-0.25, -0.2) is 19.6 Å². The first-order valence-electron chi connectivity index (χ1n) is 8.48. The summed E-state index contributed by atoms with van der Waals surface area (Å²) in [6.45, 7) is 20.3. The number of hydrogen-bond donors (Lipinski definition) is 0. The van der Waals surface area contributed by atoms with Crippen LogP contribution >= 0.6 is 0 Å². The largest absolute Gasteiger partial charge is 0.230 e. The number of hydrogen-bond acceptors (Lipinski definition) is 4. The quantitative estimate of drug-likeness (QED) is 0.410. The van der Waals surface area contributed by atoms with Gasteiger partial charge in [-0.05, 0) is 81.1 Å². The van der Waals surface area contributed by atoms with Crippen LogP contribution in [0.2, 0.25) is 0 Å². The van der Waals surface area contributed by atoms with Gasteiger partial charge in [-0.1, -0.05) is 13.8 Å². The van der Waals surface area contributed by atoms with Crippen LogP contribution in [-0.4, -0.2) is 22.4 Å². The maximum atomic E-state index is 5.73. The Kier molecular flexibility index (Phi) is 8.03. The van der Waals surface area contributed by atoms with Crippen LogP contribution in [0.25, 0.3) is 0 Å². The van der Waals surface area contributed by atoms with Crippen molar-refractivity contribution in [2.75, 3.05) is 0 Å². The minimum absolute atomic E-state index is 0.309. The van der Waals surface area contributed by atoms with E-state index in [-0.39, 0.29) is 22.4 Å². The van der Waals surface area contributed by atoms with Gasteiger partial charge in [-0.3, -0.25) is 0 Å². The minimum atomic E-state index is -0.325. The van der Waals surface area contributed by atoms with Crippen molar-refractivity contribution in [2.24, 2.45) is 0 Å². The van der Waals surface area contributed by atoms with E-state index < -0.39 is 0 Å². The second-order valence-corrected chi connectivity index (χ2v) is 8.66. The molecule has 0 bridgehead atoms. The standard InChI is InChI=1S/C18H38O4/c1-11-17(9,21-19-15(3,4)5)13-14-18(10,12-2)22-20-16(6,7)8/h11-14H2,1-10H3. The summed E-state index contributed by atoms with van der Waals surface area (Å²) in [7, 11) is 0. The lowest BCUT2D eigenvalue weighted by molar-refractivity contribution is -0.414. The molecule has 0 aromatic heterocycles. The second-order valence-electron chi connectivity index (χ2n) is 8.66. The molecule has 0 saturated carbocycles. The lowest BCUT2D eigenvalue weighted by atomic mass is 9.88. The number of rotatable bonds is 9. The Bertz CT molecular complexity index is 284. The van der Waals surface area contributed by atoms with E-state index in [1.165, 1.54) is 0 Å². The predicted octanol–water partition coefficient (Wildman–Crippen LogP) is 5.60. The topological polar surface area (TPSA) is 36.9 Å².